The molecule has 1 fully saturated rings. The van der Waals surface area contributed by atoms with Crippen LogP contribution in [0, 0.1) is 5.82 Å². The van der Waals surface area contributed by atoms with Gasteiger partial charge in [0.1, 0.15) is 29.8 Å². The largest absolute Gasteiger partial charge is 0.394 e. The molecular formula is C33H45FN6O8. The molecule has 3 heterocycles. The molecule has 0 bridgehead atoms. The van der Waals surface area contributed by atoms with Crippen LogP contribution in [0.5, 0.6) is 0 Å². The number of hydrogen-bond acceptors (Lipinski definition) is 10. The van der Waals surface area contributed by atoms with E-state index in [0.717, 1.165) is 11.1 Å². The van der Waals surface area contributed by atoms with Crippen LogP contribution in [0.25, 0.3) is 16.9 Å². The SMILES string of the molecule is CC(C)(C)c1cc(-c2ccc(F)cc2)nn2cc(C(=O)N3CCN(C(=O)CCC(=O)NC[C@H](O)[C@@H](O)[C@H](O)[C@H](O)CO)CC3(C)C)nc12. The van der Waals surface area contributed by atoms with E-state index in [4.69, 9.17) is 5.11 Å². The summed E-state index contributed by atoms with van der Waals surface area (Å²) in [6, 6.07) is 7.92. The van der Waals surface area contributed by atoms with E-state index in [0.29, 0.717) is 11.3 Å². The van der Waals surface area contributed by atoms with Gasteiger partial charge in [0.2, 0.25) is 11.8 Å². The van der Waals surface area contributed by atoms with Crippen LogP contribution >= 0.6 is 0 Å². The number of halogens is 1. The van der Waals surface area contributed by atoms with Crippen molar-refractivity contribution < 1.29 is 44.3 Å². The summed E-state index contributed by atoms with van der Waals surface area (Å²) in [6.07, 6.45) is -5.67. The number of hydrogen-bond donors (Lipinski definition) is 6. The first-order valence-corrected chi connectivity index (χ1v) is 15.8. The minimum atomic E-state index is -1.82. The summed E-state index contributed by atoms with van der Waals surface area (Å²) in [7, 11) is 0. The van der Waals surface area contributed by atoms with Gasteiger partial charge in [-0.1, -0.05) is 20.8 Å². The molecule has 262 valence electrons. The number of benzene rings is 1. The third-order valence-electron chi connectivity index (χ3n) is 8.49. The van der Waals surface area contributed by atoms with Gasteiger partial charge in [-0.2, -0.15) is 5.10 Å². The Morgan fingerprint density at radius 3 is 2.25 bits per heavy atom. The predicted molar refractivity (Wildman–Crippen MR) is 172 cm³/mol. The van der Waals surface area contributed by atoms with Crippen molar-refractivity contribution in [2.75, 3.05) is 32.8 Å². The highest BCUT2D eigenvalue weighted by Crippen LogP contribution is 2.31. The molecule has 6 N–H and O–H groups in total. The molecule has 4 atom stereocenters. The maximum atomic E-state index is 13.8. The van der Waals surface area contributed by atoms with Crippen LogP contribution in [0.3, 0.4) is 0 Å². The van der Waals surface area contributed by atoms with Gasteiger partial charge in [-0.3, -0.25) is 14.4 Å². The standard InChI is InChI=1S/C33H45FN6O8/c1-32(2,3)21-14-22(19-6-8-20(34)9-7-19)37-40-16-23(36-30(21)40)31(48)39-13-12-38(18-33(39,4)5)27(45)11-10-26(44)35-15-24(42)28(46)29(47)25(43)17-41/h6-9,14,16,24-25,28-29,41-43,46-47H,10-13,15,17-18H2,1-5H3,(H,35,44)/t24-,25+,28+,29+/m0/s1. The minimum absolute atomic E-state index is 0.134. The van der Waals surface area contributed by atoms with Crippen molar-refractivity contribution in [1.29, 1.82) is 0 Å². The highest BCUT2D eigenvalue weighted by atomic mass is 19.1. The molecular weight excluding hydrogens is 627 g/mol. The molecule has 0 saturated carbocycles. The average Bonchev–Trinajstić information content (AvgIpc) is 3.48. The quantitative estimate of drug-likeness (QED) is 0.164. The van der Waals surface area contributed by atoms with E-state index in [2.05, 4.69) is 15.4 Å². The van der Waals surface area contributed by atoms with Crippen LogP contribution in [0.2, 0.25) is 0 Å². The Labute approximate surface area is 277 Å². The number of fused-ring (bicyclic) bond motifs is 1. The zero-order valence-electron chi connectivity index (χ0n) is 27.8. The second-order valence-electron chi connectivity index (χ2n) is 13.8. The molecule has 4 rings (SSSR count). The second kappa shape index (κ2) is 14.6. The van der Waals surface area contributed by atoms with Crippen molar-refractivity contribution in [2.24, 2.45) is 0 Å². The Morgan fingerprint density at radius 2 is 1.65 bits per heavy atom. The smallest absolute Gasteiger partial charge is 0.274 e. The summed E-state index contributed by atoms with van der Waals surface area (Å²) in [4.78, 5) is 47.1. The van der Waals surface area contributed by atoms with E-state index in [-0.39, 0.29) is 61.2 Å². The Morgan fingerprint density at radius 1 is 1.00 bits per heavy atom. The number of amides is 3. The third-order valence-corrected chi connectivity index (χ3v) is 8.49. The molecule has 2 aromatic heterocycles. The molecule has 14 nitrogen and oxygen atoms in total. The number of nitrogens with zero attached hydrogens (tertiary/aromatic N) is 5. The van der Waals surface area contributed by atoms with Crippen molar-refractivity contribution >= 4 is 23.4 Å². The summed E-state index contributed by atoms with van der Waals surface area (Å²) >= 11 is 0. The Hall–Kier alpha value is -4.02. The summed E-state index contributed by atoms with van der Waals surface area (Å²) in [5.41, 5.74) is 1.79. The molecule has 0 unspecified atom stereocenters. The van der Waals surface area contributed by atoms with Gasteiger partial charge in [0.25, 0.3) is 5.91 Å². The van der Waals surface area contributed by atoms with E-state index >= 15 is 0 Å². The third kappa shape index (κ3) is 8.33. The summed E-state index contributed by atoms with van der Waals surface area (Å²) < 4.78 is 15.1. The lowest BCUT2D eigenvalue weighted by atomic mass is 9.87. The maximum absolute atomic E-state index is 13.8. The lowest BCUT2D eigenvalue weighted by molar-refractivity contribution is -0.137. The molecule has 0 radical (unpaired) electrons. The van der Waals surface area contributed by atoms with Crippen molar-refractivity contribution in [2.45, 2.75) is 82.8 Å². The first kappa shape index (κ1) is 36.8. The molecule has 0 aliphatic carbocycles. The molecule has 1 aliphatic rings. The lowest BCUT2D eigenvalue weighted by Gasteiger charge is -2.46. The number of aromatic nitrogens is 3. The molecule has 1 aromatic carbocycles. The van der Waals surface area contributed by atoms with Gasteiger partial charge < -0.3 is 40.6 Å². The lowest BCUT2D eigenvalue weighted by Crippen LogP contribution is -2.62. The second-order valence-corrected chi connectivity index (χ2v) is 13.8. The van der Waals surface area contributed by atoms with Crippen LogP contribution in [-0.4, -0.2) is 130 Å². The van der Waals surface area contributed by atoms with Crippen molar-refractivity contribution in [1.82, 2.24) is 29.7 Å². The highest BCUT2D eigenvalue weighted by molar-refractivity contribution is 5.94. The Balaban J connectivity index is 1.39. The number of aliphatic hydroxyl groups is 5. The number of rotatable bonds is 11. The van der Waals surface area contributed by atoms with E-state index < -0.39 is 49.0 Å². The molecule has 48 heavy (non-hydrogen) atoms. The predicted octanol–water partition coefficient (Wildman–Crippen LogP) is 0.228. The number of carbonyl (C=O) groups excluding carboxylic acids is 3. The van der Waals surface area contributed by atoms with E-state index in [9.17, 15) is 39.2 Å². The first-order valence-electron chi connectivity index (χ1n) is 15.8. The summed E-state index contributed by atoms with van der Waals surface area (Å²) in [6.45, 7) is 9.18. The van der Waals surface area contributed by atoms with Crippen LogP contribution in [0.4, 0.5) is 4.39 Å². The van der Waals surface area contributed by atoms with Gasteiger partial charge in [-0.15, -0.1) is 0 Å². The van der Waals surface area contributed by atoms with Crippen molar-refractivity contribution in [3.05, 3.63) is 53.6 Å². The molecule has 0 spiro atoms. The van der Waals surface area contributed by atoms with Crippen LogP contribution < -0.4 is 5.32 Å². The van der Waals surface area contributed by atoms with E-state index in [1.807, 2.05) is 40.7 Å². The maximum Gasteiger partial charge on any atom is 0.274 e. The normalized spacial score (nSPS) is 17.6. The van der Waals surface area contributed by atoms with Gasteiger partial charge in [0.05, 0.1) is 30.1 Å². The molecule has 3 aromatic rings. The Bertz CT molecular complexity index is 1620. The fourth-order valence-electron chi connectivity index (χ4n) is 5.65. The van der Waals surface area contributed by atoms with Crippen molar-refractivity contribution in [3.63, 3.8) is 0 Å². The van der Waals surface area contributed by atoms with Gasteiger partial charge in [-0.05, 0) is 49.6 Å². The van der Waals surface area contributed by atoms with Gasteiger partial charge >= 0.3 is 0 Å². The van der Waals surface area contributed by atoms with E-state index in [1.165, 1.54) is 12.1 Å². The Kier molecular flexibility index (Phi) is 11.2. The number of carbonyl (C=O) groups is 3. The fourth-order valence-corrected chi connectivity index (χ4v) is 5.65. The molecule has 3 amide bonds. The molecule has 1 aliphatic heterocycles. The van der Waals surface area contributed by atoms with E-state index in [1.54, 1.807) is 32.6 Å². The molecule has 1 saturated heterocycles. The first-order chi connectivity index (χ1) is 22.4. The zero-order chi connectivity index (χ0) is 35.6. The zero-order valence-corrected chi connectivity index (χ0v) is 27.8. The minimum Gasteiger partial charge on any atom is -0.394 e. The number of piperazine rings is 1. The van der Waals surface area contributed by atoms with Gasteiger partial charge in [0, 0.05) is 50.1 Å². The summed E-state index contributed by atoms with van der Waals surface area (Å²) in [5, 5.41) is 54.9. The fraction of sp³-hybridized carbons (Fsp3) is 0.545. The van der Waals surface area contributed by atoms with Gasteiger partial charge in [0.15, 0.2) is 5.65 Å². The monoisotopic (exact) mass is 672 g/mol. The van der Waals surface area contributed by atoms with Crippen LogP contribution in [-0.2, 0) is 15.0 Å². The highest BCUT2D eigenvalue weighted by Gasteiger charge is 2.40. The van der Waals surface area contributed by atoms with Crippen molar-refractivity contribution in [3.8, 4) is 11.3 Å². The topological polar surface area (TPSA) is 201 Å². The number of aliphatic hydroxyl groups excluding tert-OH is 5. The number of nitrogens with one attached hydrogen (secondary N) is 1. The van der Waals surface area contributed by atoms with Crippen LogP contribution in [0.1, 0.15) is 63.5 Å². The molecule has 15 heteroatoms. The average molecular weight is 673 g/mol. The number of imidazole rings is 1. The summed E-state index contributed by atoms with van der Waals surface area (Å²) in [5.74, 6) is -1.55. The van der Waals surface area contributed by atoms with Gasteiger partial charge in [-0.25, -0.2) is 13.9 Å². The van der Waals surface area contributed by atoms with Crippen LogP contribution in [0.15, 0.2) is 36.5 Å².